The number of hydrogen-bond acceptors (Lipinski definition) is 4. The Balaban J connectivity index is 1.62. The van der Waals surface area contributed by atoms with Crippen LogP contribution in [0.15, 0.2) is 42.7 Å². The van der Waals surface area contributed by atoms with Crippen LogP contribution in [0.25, 0.3) is 0 Å². The molecule has 6 nitrogen and oxygen atoms in total. The fourth-order valence-electron chi connectivity index (χ4n) is 4.45. The van der Waals surface area contributed by atoms with Crippen molar-refractivity contribution in [1.82, 2.24) is 20.0 Å². The van der Waals surface area contributed by atoms with Crippen LogP contribution in [-0.2, 0) is 4.79 Å². The lowest BCUT2D eigenvalue weighted by Gasteiger charge is -2.30. The van der Waals surface area contributed by atoms with Gasteiger partial charge in [0, 0.05) is 38.4 Å². The highest BCUT2D eigenvalue weighted by Gasteiger charge is 2.49. The van der Waals surface area contributed by atoms with Crippen molar-refractivity contribution in [3.05, 3.63) is 59.4 Å². The van der Waals surface area contributed by atoms with E-state index in [0.29, 0.717) is 31.1 Å². The fourth-order valence-corrected chi connectivity index (χ4v) is 4.45. The molecule has 2 saturated heterocycles. The molecule has 3 atom stereocenters. The predicted octanol–water partition coefficient (Wildman–Crippen LogP) is 2.08. The van der Waals surface area contributed by atoms with Gasteiger partial charge in [-0.2, -0.15) is 10.2 Å². The summed E-state index contributed by atoms with van der Waals surface area (Å²) in [6.45, 7) is 5.77. The lowest BCUT2D eigenvalue weighted by molar-refractivity contribution is -0.130. The summed E-state index contributed by atoms with van der Waals surface area (Å²) in [5.74, 6) is 0.664. The molecule has 0 radical (unpaired) electrons. The minimum Gasteiger partial charge on any atom is -0.338 e. The molecule has 4 rings (SSSR count). The first-order valence-corrected chi connectivity index (χ1v) is 8.95. The number of hydrogen-bond donors (Lipinski definition) is 0. The molecule has 6 heteroatoms. The second kappa shape index (κ2) is 6.52. The molecule has 0 bridgehead atoms. The van der Waals surface area contributed by atoms with Crippen molar-refractivity contribution in [3.63, 3.8) is 0 Å². The van der Waals surface area contributed by atoms with E-state index >= 15 is 0 Å². The zero-order valence-corrected chi connectivity index (χ0v) is 15.0. The third kappa shape index (κ3) is 2.75. The van der Waals surface area contributed by atoms with Crippen LogP contribution in [0.2, 0.25) is 0 Å². The van der Waals surface area contributed by atoms with Crippen LogP contribution in [0.1, 0.15) is 34.5 Å². The van der Waals surface area contributed by atoms with Gasteiger partial charge in [-0.05, 0) is 24.1 Å². The molecule has 0 spiro atoms. The fraction of sp³-hybridized carbons (Fsp3) is 0.400. The molecule has 134 valence electrons. The normalized spacial score (nSPS) is 24.6. The Kier molecular flexibility index (Phi) is 4.18. The van der Waals surface area contributed by atoms with Gasteiger partial charge in [-0.3, -0.25) is 9.59 Å². The van der Waals surface area contributed by atoms with Gasteiger partial charge in [0.2, 0.25) is 5.91 Å². The molecule has 0 N–H and O–H groups in total. The first-order valence-electron chi connectivity index (χ1n) is 8.95. The van der Waals surface area contributed by atoms with E-state index in [2.05, 4.69) is 29.3 Å². The molecule has 2 aliphatic heterocycles. The van der Waals surface area contributed by atoms with E-state index in [4.69, 9.17) is 0 Å². The third-order valence-electron chi connectivity index (χ3n) is 5.69. The molecule has 2 fully saturated rings. The van der Waals surface area contributed by atoms with Crippen molar-refractivity contribution in [1.29, 1.82) is 0 Å². The average molecular weight is 350 g/mol. The summed E-state index contributed by atoms with van der Waals surface area (Å²) in [5.41, 5.74) is 2.94. The molecule has 2 amide bonds. The maximum absolute atomic E-state index is 12.8. The second-order valence-electron chi connectivity index (χ2n) is 7.24. The van der Waals surface area contributed by atoms with Gasteiger partial charge >= 0.3 is 0 Å². The smallest absolute Gasteiger partial charge is 0.255 e. The van der Waals surface area contributed by atoms with Gasteiger partial charge in [-0.25, -0.2) is 0 Å². The number of nitrogens with zero attached hydrogens (tertiary/aromatic N) is 4. The average Bonchev–Trinajstić information content (AvgIpc) is 3.20. The summed E-state index contributed by atoms with van der Waals surface area (Å²) in [5, 5.41) is 7.55. The first kappa shape index (κ1) is 16.7. The van der Waals surface area contributed by atoms with Crippen LogP contribution in [0.4, 0.5) is 0 Å². The van der Waals surface area contributed by atoms with E-state index in [1.54, 1.807) is 13.0 Å². The van der Waals surface area contributed by atoms with Gasteiger partial charge in [0.05, 0.1) is 24.0 Å². The monoisotopic (exact) mass is 350 g/mol. The molecule has 0 aliphatic carbocycles. The maximum Gasteiger partial charge on any atom is 0.255 e. The van der Waals surface area contributed by atoms with Crippen molar-refractivity contribution in [2.24, 2.45) is 11.8 Å². The Bertz CT molecular complexity index is 839. The zero-order chi connectivity index (χ0) is 18.3. The van der Waals surface area contributed by atoms with E-state index < -0.39 is 0 Å². The SMILES string of the molecule is CC(=O)N1C[C@H]2CN(C(=O)c3ccnnc3)C[C@H]2[C@H]1c1ccccc1C. The highest BCUT2D eigenvalue weighted by molar-refractivity contribution is 5.94. The molecular formula is C20H22N4O2. The Morgan fingerprint density at radius 3 is 2.58 bits per heavy atom. The minimum absolute atomic E-state index is 0.00721. The summed E-state index contributed by atoms with van der Waals surface area (Å²) in [7, 11) is 0. The lowest BCUT2D eigenvalue weighted by Crippen LogP contribution is -2.36. The van der Waals surface area contributed by atoms with Crippen LogP contribution >= 0.6 is 0 Å². The Labute approximate surface area is 152 Å². The molecule has 0 unspecified atom stereocenters. The number of amides is 2. The Hall–Kier alpha value is -2.76. The largest absolute Gasteiger partial charge is 0.338 e. The van der Waals surface area contributed by atoms with Gasteiger partial charge in [-0.1, -0.05) is 24.3 Å². The van der Waals surface area contributed by atoms with Crippen molar-refractivity contribution >= 4 is 11.8 Å². The predicted molar refractivity (Wildman–Crippen MR) is 96.2 cm³/mol. The topological polar surface area (TPSA) is 66.4 Å². The Morgan fingerprint density at radius 1 is 1.08 bits per heavy atom. The third-order valence-corrected chi connectivity index (χ3v) is 5.69. The number of carbonyl (C=O) groups is 2. The molecule has 3 heterocycles. The number of aromatic nitrogens is 2. The molecule has 2 aromatic rings. The van der Waals surface area contributed by atoms with E-state index in [-0.39, 0.29) is 23.8 Å². The highest BCUT2D eigenvalue weighted by atomic mass is 16.2. The maximum atomic E-state index is 12.8. The van der Waals surface area contributed by atoms with Crippen LogP contribution < -0.4 is 0 Å². The van der Waals surface area contributed by atoms with Crippen LogP contribution in [0, 0.1) is 18.8 Å². The van der Waals surface area contributed by atoms with Crippen molar-refractivity contribution in [2.45, 2.75) is 19.9 Å². The summed E-state index contributed by atoms with van der Waals surface area (Å²) in [6.07, 6.45) is 3.05. The van der Waals surface area contributed by atoms with Crippen LogP contribution in [0.3, 0.4) is 0 Å². The van der Waals surface area contributed by atoms with Crippen molar-refractivity contribution in [3.8, 4) is 0 Å². The highest BCUT2D eigenvalue weighted by Crippen LogP contribution is 2.45. The molecular weight excluding hydrogens is 328 g/mol. The molecule has 2 aliphatic rings. The number of benzene rings is 1. The van der Waals surface area contributed by atoms with Crippen LogP contribution in [-0.4, -0.2) is 51.4 Å². The van der Waals surface area contributed by atoms with Crippen molar-refractivity contribution in [2.75, 3.05) is 19.6 Å². The van der Waals surface area contributed by atoms with E-state index in [0.717, 1.165) is 0 Å². The van der Waals surface area contributed by atoms with Crippen LogP contribution in [0.5, 0.6) is 0 Å². The summed E-state index contributed by atoms with van der Waals surface area (Å²) in [6, 6.07) is 9.96. The lowest BCUT2D eigenvalue weighted by atomic mass is 9.87. The zero-order valence-electron chi connectivity index (χ0n) is 15.0. The number of likely N-dealkylation sites (tertiary alicyclic amines) is 2. The quantitative estimate of drug-likeness (QED) is 0.832. The molecule has 26 heavy (non-hydrogen) atoms. The summed E-state index contributed by atoms with van der Waals surface area (Å²) >= 11 is 0. The summed E-state index contributed by atoms with van der Waals surface area (Å²) in [4.78, 5) is 28.9. The Morgan fingerprint density at radius 2 is 1.88 bits per heavy atom. The van der Waals surface area contributed by atoms with E-state index in [1.807, 2.05) is 21.9 Å². The van der Waals surface area contributed by atoms with Crippen molar-refractivity contribution < 1.29 is 9.59 Å². The number of aryl methyl sites for hydroxylation is 1. The second-order valence-corrected chi connectivity index (χ2v) is 7.24. The van der Waals surface area contributed by atoms with Gasteiger partial charge in [-0.15, -0.1) is 0 Å². The van der Waals surface area contributed by atoms with Gasteiger partial charge in [0.1, 0.15) is 0 Å². The molecule has 0 saturated carbocycles. The van der Waals surface area contributed by atoms with E-state index in [1.165, 1.54) is 23.5 Å². The number of fused-ring (bicyclic) bond motifs is 1. The van der Waals surface area contributed by atoms with E-state index in [9.17, 15) is 9.59 Å². The molecule has 1 aromatic heterocycles. The van der Waals surface area contributed by atoms with Gasteiger partial charge in [0.15, 0.2) is 0 Å². The first-order chi connectivity index (χ1) is 12.6. The summed E-state index contributed by atoms with van der Waals surface area (Å²) < 4.78 is 0. The number of carbonyl (C=O) groups excluding carboxylic acids is 2. The minimum atomic E-state index is -0.00721. The number of rotatable bonds is 2. The van der Waals surface area contributed by atoms with Gasteiger partial charge in [0.25, 0.3) is 5.91 Å². The standard InChI is InChI=1S/C20H22N4O2/c1-13-5-3-4-6-17(13)19-18-12-23(10-16(18)11-24(19)14(2)25)20(26)15-7-8-21-22-9-15/h3-9,16,18-19H,10-12H2,1-2H3/t16-,18-,19-/m1/s1. The molecule has 1 aromatic carbocycles. The van der Waals surface area contributed by atoms with Gasteiger partial charge < -0.3 is 9.80 Å².